The van der Waals surface area contributed by atoms with E-state index in [0.717, 1.165) is 6.42 Å². The smallest absolute Gasteiger partial charge is 0.308 e. The van der Waals surface area contributed by atoms with E-state index in [1.807, 2.05) is 0 Å². The SMILES string of the molecule is COC(=O)[C@@H]1C[C@@H]1C(C)C. The Labute approximate surface area is 61.6 Å². The number of methoxy groups -OCH3 is 1. The average molecular weight is 142 g/mol. The first kappa shape index (κ1) is 7.58. The highest BCUT2D eigenvalue weighted by molar-refractivity contribution is 5.75. The summed E-state index contributed by atoms with van der Waals surface area (Å²) in [5.41, 5.74) is 0. The summed E-state index contributed by atoms with van der Waals surface area (Å²) in [6.45, 7) is 4.29. The average Bonchev–Trinajstić information content (AvgIpc) is 2.64. The summed E-state index contributed by atoms with van der Waals surface area (Å²) in [6.07, 6.45) is 1.03. The summed E-state index contributed by atoms with van der Waals surface area (Å²) in [5, 5.41) is 0. The van der Waals surface area contributed by atoms with Crippen molar-refractivity contribution in [3.8, 4) is 0 Å². The third kappa shape index (κ3) is 1.31. The topological polar surface area (TPSA) is 26.3 Å². The number of rotatable bonds is 2. The molecule has 0 aromatic rings. The van der Waals surface area contributed by atoms with Gasteiger partial charge in [0.25, 0.3) is 0 Å². The largest absolute Gasteiger partial charge is 0.469 e. The fraction of sp³-hybridized carbons (Fsp3) is 0.875. The van der Waals surface area contributed by atoms with Crippen LogP contribution in [0.1, 0.15) is 20.3 Å². The van der Waals surface area contributed by atoms with Gasteiger partial charge in [0, 0.05) is 0 Å². The second-order valence-corrected chi connectivity index (χ2v) is 3.27. The third-order valence-electron chi connectivity index (χ3n) is 2.20. The molecule has 0 aromatic heterocycles. The zero-order valence-electron chi connectivity index (χ0n) is 6.76. The molecule has 0 radical (unpaired) electrons. The first-order valence-corrected chi connectivity index (χ1v) is 3.74. The van der Waals surface area contributed by atoms with Gasteiger partial charge in [0.2, 0.25) is 0 Å². The van der Waals surface area contributed by atoms with Crippen molar-refractivity contribution in [2.75, 3.05) is 7.11 Å². The second-order valence-electron chi connectivity index (χ2n) is 3.27. The highest BCUT2D eigenvalue weighted by Gasteiger charge is 2.45. The van der Waals surface area contributed by atoms with Crippen molar-refractivity contribution in [3.63, 3.8) is 0 Å². The number of hydrogen-bond donors (Lipinski definition) is 0. The Morgan fingerprint density at radius 3 is 2.50 bits per heavy atom. The summed E-state index contributed by atoms with van der Waals surface area (Å²) in [5.74, 6) is 1.40. The van der Waals surface area contributed by atoms with Gasteiger partial charge in [0.1, 0.15) is 0 Å². The molecule has 1 saturated carbocycles. The normalized spacial score (nSPS) is 30.4. The van der Waals surface area contributed by atoms with E-state index >= 15 is 0 Å². The lowest BCUT2D eigenvalue weighted by molar-refractivity contribution is -0.142. The van der Waals surface area contributed by atoms with Crippen LogP contribution < -0.4 is 0 Å². The molecule has 0 heterocycles. The van der Waals surface area contributed by atoms with Gasteiger partial charge in [-0.3, -0.25) is 4.79 Å². The fourth-order valence-corrected chi connectivity index (χ4v) is 1.37. The Morgan fingerprint density at radius 1 is 1.60 bits per heavy atom. The molecule has 0 spiro atoms. The van der Waals surface area contributed by atoms with Crippen LogP contribution in [-0.4, -0.2) is 13.1 Å². The van der Waals surface area contributed by atoms with Gasteiger partial charge in [-0.1, -0.05) is 13.8 Å². The summed E-state index contributed by atoms with van der Waals surface area (Å²) in [7, 11) is 1.46. The predicted octanol–water partition coefficient (Wildman–Crippen LogP) is 1.45. The Balaban J connectivity index is 2.31. The molecule has 58 valence electrons. The molecule has 0 aromatic carbocycles. The summed E-state index contributed by atoms with van der Waals surface area (Å²) >= 11 is 0. The van der Waals surface area contributed by atoms with Gasteiger partial charge in [-0.2, -0.15) is 0 Å². The van der Waals surface area contributed by atoms with E-state index in [1.165, 1.54) is 7.11 Å². The fourth-order valence-electron chi connectivity index (χ4n) is 1.37. The van der Waals surface area contributed by atoms with Gasteiger partial charge < -0.3 is 4.74 Å². The van der Waals surface area contributed by atoms with Gasteiger partial charge in [0.15, 0.2) is 0 Å². The molecule has 10 heavy (non-hydrogen) atoms. The van der Waals surface area contributed by atoms with Crippen LogP contribution in [0.2, 0.25) is 0 Å². The van der Waals surface area contributed by atoms with E-state index in [1.54, 1.807) is 0 Å². The Kier molecular flexibility index (Phi) is 1.97. The summed E-state index contributed by atoms with van der Waals surface area (Å²) in [4.78, 5) is 10.9. The van der Waals surface area contributed by atoms with Gasteiger partial charge in [-0.05, 0) is 18.3 Å². The summed E-state index contributed by atoms with van der Waals surface area (Å²) < 4.78 is 4.62. The van der Waals surface area contributed by atoms with Crippen molar-refractivity contribution >= 4 is 5.97 Å². The zero-order chi connectivity index (χ0) is 7.72. The molecule has 2 nitrogen and oxygen atoms in total. The monoisotopic (exact) mass is 142 g/mol. The van der Waals surface area contributed by atoms with Crippen LogP contribution in [0.25, 0.3) is 0 Å². The van der Waals surface area contributed by atoms with Crippen LogP contribution in [0.5, 0.6) is 0 Å². The van der Waals surface area contributed by atoms with Gasteiger partial charge in [-0.15, -0.1) is 0 Å². The molecule has 1 fully saturated rings. The van der Waals surface area contributed by atoms with E-state index in [2.05, 4.69) is 18.6 Å². The van der Waals surface area contributed by atoms with Crippen molar-refractivity contribution in [3.05, 3.63) is 0 Å². The molecule has 2 heteroatoms. The van der Waals surface area contributed by atoms with Crippen LogP contribution in [0.15, 0.2) is 0 Å². The zero-order valence-corrected chi connectivity index (χ0v) is 6.76. The van der Waals surface area contributed by atoms with Crippen LogP contribution in [0.4, 0.5) is 0 Å². The van der Waals surface area contributed by atoms with Crippen molar-refractivity contribution in [2.45, 2.75) is 20.3 Å². The van der Waals surface area contributed by atoms with E-state index in [-0.39, 0.29) is 11.9 Å². The highest BCUT2D eigenvalue weighted by atomic mass is 16.5. The van der Waals surface area contributed by atoms with E-state index in [0.29, 0.717) is 11.8 Å². The van der Waals surface area contributed by atoms with Gasteiger partial charge in [0.05, 0.1) is 13.0 Å². The molecule has 1 aliphatic rings. The minimum Gasteiger partial charge on any atom is -0.469 e. The quantitative estimate of drug-likeness (QED) is 0.545. The number of carbonyl (C=O) groups is 1. The highest BCUT2D eigenvalue weighted by Crippen LogP contribution is 2.44. The van der Waals surface area contributed by atoms with Crippen LogP contribution in [-0.2, 0) is 9.53 Å². The molecule has 0 bridgehead atoms. The minimum absolute atomic E-state index is 0.0290. The summed E-state index contributed by atoms with van der Waals surface area (Å²) in [6, 6.07) is 0. The lowest BCUT2D eigenvalue weighted by Crippen LogP contribution is -2.06. The number of hydrogen-bond acceptors (Lipinski definition) is 2. The van der Waals surface area contributed by atoms with Gasteiger partial charge >= 0.3 is 5.97 Å². The standard InChI is InChI=1S/C8H14O2/c1-5(2)6-4-7(6)8(9)10-3/h5-7H,4H2,1-3H3/t6-,7-/m1/s1. The third-order valence-corrected chi connectivity index (χ3v) is 2.20. The molecule has 1 rings (SSSR count). The molecule has 0 aliphatic heterocycles. The van der Waals surface area contributed by atoms with E-state index < -0.39 is 0 Å². The van der Waals surface area contributed by atoms with Crippen molar-refractivity contribution < 1.29 is 9.53 Å². The van der Waals surface area contributed by atoms with Crippen LogP contribution >= 0.6 is 0 Å². The Hall–Kier alpha value is -0.530. The molecular weight excluding hydrogens is 128 g/mol. The maximum Gasteiger partial charge on any atom is 0.308 e. The van der Waals surface area contributed by atoms with Crippen LogP contribution in [0.3, 0.4) is 0 Å². The number of carbonyl (C=O) groups excluding carboxylic acids is 1. The lowest BCUT2D eigenvalue weighted by Gasteiger charge is -2.00. The van der Waals surface area contributed by atoms with Crippen molar-refractivity contribution in [2.24, 2.45) is 17.8 Å². The van der Waals surface area contributed by atoms with Crippen molar-refractivity contribution in [1.29, 1.82) is 0 Å². The number of esters is 1. The minimum atomic E-state index is -0.0290. The maximum atomic E-state index is 10.9. The first-order chi connectivity index (χ1) is 4.66. The van der Waals surface area contributed by atoms with Gasteiger partial charge in [-0.25, -0.2) is 0 Å². The predicted molar refractivity (Wildman–Crippen MR) is 38.5 cm³/mol. The van der Waals surface area contributed by atoms with Crippen molar-refractivity contribution in [1.82, 2.24) is 0 Å². The van der Waals surface area contributed by atoms with E-state index in [4.69, 9.17) is 0 Å². The first-order valence-electron chi connectivity index (χ1n) is 3.74. The molecule has 1 aliphatic carbocycles. The Bertz CT molecular complexity index is 140. The lowest BCUT2D eigenvalue weighted by atomic mass is 10.1. The molecule has 2 atom stereocenters. The van der Waals surface area contributed by atoms with E-state index in [9.17, 15) is 4.79 Å². The molecule has 0 amide bonds. The molecule has 0 unspecified atom stereocenters. The molecule has 0 N–H and O–H groups in total. The Morgan fingerprint density at radius 2 is 2.20 bits per heavy atom. The molecular formula is C8H14O2. The number of ether oxygens (including phenoxy) is 1. The van der Waals surface area contributed by atoms with Crippen LogP contribution in [0, 0.1) is 17.8 Å². The maximum absolute atomic E-state index is 10.9. The molecule has 0 saturated heterocycles. The second kappa shape index (κ2) is 2.60.